The van der Waals surface area contributed by atoms with Crippen molar-refractivity contribution in [2.45, 2.75) is 57.6 Å². The molecule has 0 aliphatic heterocycles. The molecule has 7 nitrogen and oxygen atoms in total. The zero-order valence-corrected chi connectivity index (χ0v) is 18.3. The molecule has 8 heteroatoms. The Morgan fingerprint density at radius 2 is 1.86 bits per heavy atom. The van der Waals surface area contributed by atoms with E-state index in [1.807, 2.05) is 45.9 Å². The van der Waals surface area contributed by atoms with Gasteiger partial charge in [-0.1, -0.05) is 31.5 Å². The van der Waals surface area contributed by atoms with Crippen LogP contribution in [0, 0.1) is 13.8 Å². The number of aryl methyl sites for hydroxylation is 2. The summed E-state index contributed by atoms with van der Waals surface area (Å²) in [7, 11) is -3.59. The van der Waals surface area contributed by atoms with Crippen molar-refractivity contribution in [3.05, 3.63) is 47.7 Å². The molecule has 1 aromatic carbocycles. The summed E-state index contributed by atoms with van der Waals surface area (Å²) >= 11 is 0. The zero-order valence-electron chi connectivity index (χ0n) is 17.5. The summed E-state index contributed by atoms with van der Waals surface area (Å²) in [4.78, 5) is 4.25. The molecular weight excluding hydrogens is 390 g/mol. The fraction of sp³-hybridized carbons (Fsp3) is 0.476. The van der Waals surface area contributed by atoms with Gasteiger partial charge in [-0.15, -0.1) is 0 Å². The number of aliphatic hydroxyl groups excluding tert-OH is 1. The highest BCUT2D eigenvalue weighted by Gasteiger charge is 2.17. The van der Waals surface area contributed by atoms with Gasteiger partial charge in [-0.05, 0) is 50.5 Å². The smallest absolute Gasteiger partial charge is 0.242 e. The maximum Gasteiger partial charge on any atom is 0.242 e. The molecule has 0 fully saturated rings. The number of benzene rings is 1. The summed E-state index contributed by atoms with van der Waals surface area (Å²) in [6.07, 6.45) is 2.24. The largest absolute Gasteiger partial charge is 0.490 e. The number of nitrogens with one attached hydrogen (secondary N) is 2. The van der Waals surface area contributed by atoms with Crippen molar-refractivity contribution < 1.29 is 18.3 Å². The molecule has 2 atom stereocenters. The Kier molecular flexibility index (Phi) is 8.43. The van der Waals surface area contributed by atoms with E-state index in [2.05, 4.69) is 15.0 Å². The topological polar surface area (TPSA) is 101 Å². The van der Waals surface area contributed by atoms with Crippen LogP contribution >= 0.6 is 0 Å². The first-order valence-corrected chi connectivity index (χ1v) is 11.3. The Hall–Kier alpha value is -2.16. The third-order valence-electron chi connectivity index (χ3n) is 4.47. The minimum absolute atomic E-state index is 0.116. The summed E-state index contributed by atoms with van der Waals surface area (Å²) in [6.45, 7) is 8.15. The summed E-state index contributed by atoms with van der Waals surface area (Å²) in [6, 6.07) is 8.84. The van der Waals surface area contributed by atoms with Gasteiger partial charge >= 0.3 is 0 Å². The SMILES string of the molecule is CCCC(C)NS(=O)(=O)c1ccc(NCC(O)COc2c(C)cccc2C)nc1. The number of rotatable bonds is 11. The predicted molar refractivity (Wildman–Crippen MR) is 115 cm³/mol. The lowest BCUT2D eigenvalue weighted by atomic mass is 10.1. The van der Waals surface area contributed by atoms with Gasteiger partial charge in [-0.3, -0.25) is 0 Å². The molecular formula is C21H31N3O4S. The Labute approximate surface area is 173 Å². The molecule has 0 bridgehead atoms. The molecule has 3 N–H and O–H groups in total. The quantitative estimate of drug-likeness (QED) is 0.516. The van der Waals surface area contributed by atoms with E-state index in [1.54, 1.807) is 6.07 Å². The Morgan fingerprint density at radius 3 is 2.45 bits per heavy atom. The van der Waals surface area contributed by atoms with Crippen molar-refractivity contribution >= 4 is 15.8 Å². The number of hydrogen-bond donors (Lipinski definition) is 3. The standard InChI is InChI=1S/C21H31N3O4S/c1-5-7-17(4)24-29(26,27)19-10-11-20(23-13-19)22-12-18(25)14-28-21-15(2)8-6-9-16(21)3/h6,8-11,13,17-18,24-25H,5,7,12,14H2,1-4H3,(H,22,23). The molecule has 0 saturated carbocycles. The summed E-state index contributed by atoms with van der Waals surface area (Å²) < 4.78 is 33.1. The number of sulfonamides is 1. The normalized spacial score (nSPS) is 13.7. The summed E-state index contributed by atoms with van der Waals surface area (Å²) in [5.41, 5.74) is 2.04. The average Bonchev–Trinajstić information content (AvgIpc) is 2.66. The Bertz CT molecular complexity index is 865. The molecule has 2 rings (SSSR count). The van der Waals surface area contributed by atoms with Crippen LogP contribution in [-0.4, -0.2) is 43.8 Å². The maximum atomic E-state index is 12.3. The molecule has 1 aromatic heterocycles. The van der Waals surface area contributed by atoms with E-state index >= 15 is 0 Å². The molecule has 160 valence electrons. The molecule has 0 aliphatic carbocycles. The van der Waals surface area contributed by atoms with Crippen molar-refractivity contribution in [3.8, 4) is 5.75 Å². The minimum Gasteiger partial charge on any atom is -0.490 e. The van der Waals surface area contributed by atoms with E-state index < -0.39 is 16.1 Å². The van der Waals surface area contributed by atoms with Crippen LogP contribution in [0.1, 0.15) is 37.8 Å². The Morgan fingerprint density at radius 1 is 1.17 bits per heavy atom. The first kappa shape index (κ1) is 23.1. The van der Waals surface area contributed by atoms with Crippen molar-refractivity contribution in [3.63, 3.8) is 0 Å². The molecule has 0 spiro atoms. The van der Waals surface area contributed by atoms with Crippen LogP contribution < -0.4 is 14.8 Å². The van der Waals surface area contributed by atoms with Gasteiger partial charge in [-0.2, -0.15) is 0 Å². The van der Waals surface area contributed by atoms with Gasteiger partial charge in [0, 0.05) is 18.8 Å². The van der Waals surface area contributed by atoms with E-state index in [9.17, 15) is 13.5 Å². The number of pyridine rings is 1. The number of nitrogens with zero attached hydrogens (tertiary/aromatic N) is 1. The number of aliphatic hydroxyl groups is 1. The van der Waals surface area contributed by atoms with E-state index in [0.717, 1.165) is 29.7 Å². The maximum absolute atomic E-state index is 12.3. The van der Waals surface area contributed by atoms with Gasteiger partial charge in [0.15, 0.2) is 0 Å². The van der Waals surface area contributed by atoms with Gasteiger partial charge in [0.05, 0.1) is 0 Å². The van der Waals surface area contributed by atoms with Crippen LogP contribution in [0.4, 0.5) is 5.82 Å². The lowest BCUT2D eigenvalue weighted by Gasteiger charge is -2.16. The number of aromatic nitrogens is 1. The highest BCUT2D eigenvalue weighted by atomic mass is 32.2. The number of para-hydroxylation sites is 1. The van der Waals surface area contributed by atoms with Crippen LogP contribution in [0.15, 0.2) is 41.4 Å². The lowest BCUT2D eigenvalue weighted by molar-refractivity contribution is 0.116. The van der Waals surface area contributed by atoms with Gasteiger partial charge in [0.2, 0.25) is 10.0 Å². The molecule has 2 unspecified atom stereocenters. The van der Waals surface area contributed by atoms with E-state index in [-0.39, 0.29) is 24.1 Å². The average molecular weight is 422 g/mol. The van der Waals surface area contributed by atoms with Gasteiger partial charge < -0.3 is 15.2 Å². The second kappa shape index (κ2) is 10.6. The molecule has 0 saturated heterocycles. The zero-order chi connectivity index (χ0) is 21.4. The van der Waals surface area contributed by atoms with E-state index in [4.69, 9.17) is 4.74 Å². The number of ether oxygens (including phenoxy) is 1. The van der Waals surface area contributed by atoms with Crippen LogP contribution in [-0.2, 0) is 10.0 Å². The van der Waals surface area contributed by atoms with E-state index in [0.29, 0.717) is 5.82 Å². The van der Waals surface area contributed by atoms with Crippen LogP contribution in [0.2, 0.25) is 0 Å². The fourth-order valence-electron chi connectivity index (χ4n) is 2.96. The van der Waals surface area contributed by atoms with Crippen molar-refractivity contribution in [2.24, 2.45) is 0 Å². The molecule has 0 radical (unpaired) electrons. The number of hydrogen-bond acceptors (Lipinski definition) is 6. The minimum atomic E-state index is -3.59. The first-order valence-electron chi connectivity index (χ1n) is 9.82. The molecule has 2 aromatic rings. The van der Waals surface area contributed by atoms with Crippen molar-refractivity contribution in [1.82, 2.24) is 9.71 Å². The molecule has 0 aliphatic rings. The predicted octanol–water partition coefficient (Wildman–Crippen LogP) is 3.02. The molecule has 29 heavy (non-hydrogen) atoms. The van der Waals surface area contributed by atoms with Crippen LogP contribution in [0.3, 0.4) is 0 Å². The molecule has 0 amide bonds. The summed E-state index contributed by atoms with van der Waals surface area (Å²) in [5.74, 6) is 1.26. The van der Waals surface area contributed by atoms with Crippen molar-refractivity contribution in [2.75, 3.05) is 18.5 Å². The van der Waals surface area contributed by atoms with Crippen molar-refractivity contribution in [1.29, 1.82) is 0 Å². The van der Waals surface area contributed by atoms with E-state index in [1.165, 1.54) is 12.3 Å². The number of anilines is 1. The van der Waals surface area contributed by atoms with Crippen LogP contribution in [0.5, 0.6) is 5.75 Å². The second-order valence-electron chi connectivity index (χ2n) is 7.26. The fourth-order valence-corrected chi connectivity index (χ4v) is 4.18. The highest BCUT2D eigenvalue weighted by Crippen LogP contribution is 2.22. The van der Waals surface area contributed by atoms with Gasteiger partial charge in [0.1, 0.15) is 29.2 Å². The highest BCUT2D eigenvalue weighted by molar-refractivity contribution is 7.89. The second-order valence-corrected chi connectivity index (χ2v) is 8.97. The Balaban J connectivity index is 1.86. The van der Waals surface area contributed by atoms with Crippen LogP contribution in [0.25, 0.3) is 0 Å². The third kappa shape index (κ3) is 6.99. The monoisotopic (exact) mass is 421 g/mol. The van der Waals surface area contributed by atoms with Gasteiger partial charge in [0.25, 0.3) is 0 Å². The molecule has 1 heterocycles. The first-order chi connectivity index (χ1) is 13.7. The lowest BCUT2D eigenvalue weighted by Crippen LogP contribution is -2.32. The summed E-state index contributed by atoms with van der Waals surface area (Å²) in [5, 5.41) is 13.2. The third-order valence-corrected chi connectivity index (χ3v) is 6.05. The van der Waals surface area contributed by atoms with Gasteiger partial charge in [-0.25, -0.2) is 18.1 Å².